The van der Waals surface area contributed by atoms with Crippen LogP contribution in [-0.4, -0.2) is 20.0 Å². The van der Waals surface area contributed by atoms with Gasteiger partial charge in [0.2, 0.25) is 8.32 Å². The van der Waals surface area contributed by atoms with E-state index in [0.29, 0.717) is 0 Å². The van der Waals surface area contributed by atoms with Crippen LogP contribution in [0.1, 0.15) is 33.3 Å². The Labute approximate surface area is 117 Å². The van der Waals surface area contributed by atoms with Crippen molar-refractivity contribution in [3.05, 3.63) is 29.8 Å². The molecule has 0 saturated carbocycles. The highest BCUT2D eigenvalue weighted by molar-refractivity contribution is 6.74. The van der Waals surface area contributed by atoms with Gasteiger partial charge in [0.25, 0.3) is 0 Å². The Balaban J connectivity index is 3.17. The molecule has 0 fully saturated rings. The zero-order chi connectivity index (χ0) is 14.9. The third-order valence-electron chi connectivity index (χ3n) is 4.04. The predicted molar refractivity (Wildman–Crippen MR) is 82.9 cm³/mol. The van der Waals surface area contributed by atoms with Gasteiger partial charge in [-0.3, -0.25) is 0 Å². The maximum atomic E-state index is 10.4. The molecule has 0 aromatic heterocycles. The van der Waals surface area contributed by atoms with Crippen LogP contribution in [0.25, 0.3) is 0 Å². The summed E-state index contributed by atoms with van der Waals surface area (Å²) in [5.74, 6) is 0.754. The van der Waals surface area contributed by atoms with Crippen LogP contribution in [0.3, 0.4) is 0 Å². The molecule has 3 N–H and O–H groups in total. The fraction of sp³-hybridized carbons (Fsp3) is 0.600. The Kier molecular flexibility index (Phi) is 4.50. The van der Waals surface area contributed by atoms with Gasteiger partial charge in [-0.2, -0.15) is 0 Å². The third-order valence-corrected chi connectivity index (χ3v) is 8.38. The van der Waals surface area contributed by atoms with E-state index < -0.39 is 13.9 Å². The minimum absolute atomic E-state index is 0.120. The van der Waals surface area contributed by atoms with Crippen molar-refractivity contribution in [1.29, 1.82) is 0 Å². The van der Waals surface area contributed by atoms with Gasteiger partial charge >= 0.3 is 0 Å². The summed E-state index contributed by atoms with van der Waals surface area (Å²) < 4.78 is 6.31. The molecule has 4 heteroatoms. The molecule has 0 aliphatic rings. The summed E-state index contributed by atoms with van der Waals surface area (Å²) >= 11 is 0. The van der Waals surface area contributed by atoms with Crippen LogP contribution in [-0.2, 0) is 5.60 Å². The lowest BCUT2D eigenvalue weighted by atomic mass is 9.95. The van der Waals surface area contributed by atoms with Gasteiger partial charge in [-0.15, -0.1) is 0 Å². The molecule has 1 rings (SSSR count). The minimum atomic E-state index is -1.92. The van der Waals surface area contributed by atoms with E-state index in [2.05, 4.69) is 33.9 Å². The maximum absolute atomic E-state index is 10.4. The van der Waals surface area contributed by atoms with Crippen LogP contribution in [0.4, 0.5) is 0 Å². The Bertz CT molecular complexity index is 436. The van der Waals surface area contributed by atoms with E-state index in [-0.39, 0.29) is 11.6 Å². The molecule has 0 radical (unpaired) electrons. The first-order valence-corrected chi connectivity index (χ1v) is 9.63. The first kappa shape index (κ1) is 16.2. The van der Waals surface area contributed by atoms with Crippen molar-refractivity contribution in [2.45, 2.75) is 51.4 Å². The Hall–Kier alpha value is -0.843. The quantitative estimate of drug-likeness (QED) is 0.833. The van der Waals surface area contributed by atoms with Crippen molar-refractivity contribution in [3.8, 4) is 5.75 Å². The van der Waals surface area contributed by atoms with Crippen LogP contribution in [0.15, 0.2) is 24.3 Å². The summed E-state index contributed by atoms with van der Waals surface area (Å²) in [6.07, 6.45) is 0. The summed E-state index contributed by atoms with van der Waals surface area (Å²) in [6, 6.07) is 7.63. The van der Waals surface area contributed by atoms with Gasteiger partial charge in [0.05, 0.1) is 0 Å². The summed E-state index contributed by atoms with van der Waals surface area (Å²) in [5, 5.41) is 10.5. The van der Waals surface area contributed by atoms with E-state index in [9.17, 15) is 5.11 Å². The van der Waals surface area contributed by atoms with Crippen LogP contribution >= 0.6 is 0 Å². The Morgan fingerprint density at radius 1 is 1.16 bits per heavy atom. The molecule has 1 aromatic carbocycles. The van der Waals surface area contributed by atoms with Crippen molar-refractivity contribution in [1.82, 2.24) is 0 Å². The highest BCUT2D eigenvalue weighted by Gasteiger charge is 2.40. The van der Waals surface area contributed by atoms with Gasteiger partial charge in [-0.25, -0.2) is 0 Å². The highest BCUT2D eigenvalue weighted by atomic mass is 28.4. The van der Waals surface area contributed by atoms with E-state index >= 15 is 0 Å². The molecule has 1 atom stereocenters. The number of rotatable bonds is 4. The molecule has 0 amide bonds. The molecule has 1 unspecified atom stereocenters. The van der Waals surface area contributed by atoms with Gasteiger partial charge in [0.15, 0.2) is 0 Å². The molecule has 0 aliphatic carbocycles. The number of para-hydroxylation sites is 1. The average Bonchev–Trinajstić information content (AvgIpc) is 2.27. The second kappa shape index (κ2) is 5.27. The van der Waals surface area contributed by atoms with Gasteiger partial charge in [-0.05, 0) is 31.1 Å². The molecular formula is C15H27NO2Si. The van der Waals surface area contributed by atoms with Crippen LogP contribution in [0, 0.1) is 0 Å². The standard InChI is InChI=1S/C15H27NO2Si/c1-14(2,3)19(5,6)18-13-10-8-7-9-12(13)15(4,17)11-16/h7-10,17H,11,16H2,1-6H3. The topological polar surface area (TPSA) is 55.5 Å². The van der Waals surface area contributed by atoms with E-state index in [1.165, 1.54) is 0 Å². The molecule has 0 bridgehead atoms. The maximum Gasteiger partial charge on any atom is 0.250 e. The first-order valence-electron chi connectivity index (χ1n) is 6.72. The van der Waals surface area contributed by atoms with Crippen molar-refractivity contribution < 1.29 is 9.53 Å². The molecule has 108 valence electrons. The van der Waals surface area contributed by atoms with Crippen molar-refractivity contribution in [3.63, 3.8) is 0 Å². The van der Waals surface area contributed by atoms with Crippen molar-refractivity contribution in [2.75, 3.05) is 6.54 Å². The molecule has 0 spiro atoms. The Morgan fingerprint density at radius 2 is 1.68 bits per heavy atom. The third kappa shape index (κ3) is 3.59. The molecule has 0 heterocycles. The largest absolute Gasteiger partial charge is 0.543 e. The smallest absolute Gasteiger partial charge is 0.250 e. The van der Waals surface area contributed by atoms with E-state index in [0.717, 1.165) is 11.3 Å². The normalized spacial score (nSPS) is 16.0. The van der Waals surface area contributed by atoms with Gasteiger partial charge < -0.3 is 15.3 Å². The van der Waals surface area contributed by atoms with Crippen LogP contribution in [0.5, 0.6) is 5.75 Å². The summed E-state index contributed by atoms with van der Waals surface area (Å²) in [7, 11) is -1.92. The molecule has 0 saturated heterocycles. The predicted octanol–water partition coefficient (Wildman–Crippen LogP) is 3.24. The van der Waals surface area contributed by atoms with Crippen LogP contribution < -0.4 is 10.2 Å². The fourth-order valence-corrected chi connectivity index (χ4v) is 2.57. The van der Waals surface area contributed by atoms with Gasteiger partial charge in [0, 0.05) is 12.1 Å². The number of aliphatic hydroxyl groups is 1. The van der Waals surface area contributed by atoms with Crippen LogP contribution in [0.2, 0.25) is 18.1 Å². The lowest BCUT2D eigenvalue weighted by Gasteiger charge is -2.38. The lowest BCUT2D eigenvalue weighted by molar-refractivity contribution is 0.0649. The second-order valence-electron chi connectivity index (χ2n) is 6.84. The monoisotopic (exact) mass is 281 g/mol. The van der Waals surface area contributed by atoms with Gasteiger partial charge in [0.1, 0.15) is 11.4 Å². The van der Waals surface area contributed by atoms with Gasteiger partial charge in [-0.1, -0.05) is 39.0 Å². The number of benzene rings is 1. The molecule has 1 aromatic rings. The summed E-state index contributed by atoms with van der Waals surface area (Å²) in [6.45, 7) is 12.9. The molecular weight excluding hydrogens is 254 g/mol. The molecule has 3 nitrogen and oxygen atoms in total. The first-order chi connectivity index (χ1) is 8.51. The van der Waals surface area contributed by atoms with E-state index in [4.69, 9.17) is 10.2 Å². The van der Waals surface area contributed by atoms with Crippen molar-refractivity contribution >= 4 is 8.32 Å². The molecule has 0 aliphatic heterocycles. The number of nitrogens with two attached hydrogens (primary N) is 1. The highest BCUT2D eigenvalue weighted by Crippen LogP contribution is 2.39. The minimum Gasteiger partial charge on any atom is -0.543 e. The number of hydrogen-bond acceptors (Lipinski definition) is 3. The zero-order valence-electron chi connectivity index (χ0n) is 12.9. The van der Waals surface area contributed by atoms with E-state index in [1.54, 1.807) is 6.92 Å². The zero-order valence-corrected chi connectivity index (χ0v) is 13.9. The fourth-order valence-electron chi connectivity index (χ4n) is 1.54. The SMILES string of the molecule is CC(O)(CN)c1ccccc1O[Si](C)(C)C(C)(C)C. The number of hydrogen-bond donors (Lipinski definition) is 2. The second-order valence-corrected chi connectivity index (χ2v) is 11.6. The lowest BCUT2D eigenvalue weighted by Crippen LogP contribution is -2.44. The molecule has 19 heavy (non-hydrogen) atoms. The average molecular weight is 281 g/mol. The Morgan fingerprint density at radius 3 is 2.16 bits per heavy atom. The van der Waals surface area contributed by atoms with E-state index in [1.807, 2.05) is 24.3 Å². The summed E-state index contributed by atoms with van der Waals surface area (Å²) in [4.78, 5) is 0. The van der Waals surface area contributed by atoms with Crippen molar-refractivity contribution in [2.24, 2.45) is 5.73 Å². The summed E-state index contributed by atoms with van der Waals surface area (Å²) in [5.41, 5.74) is 5.37.